The molecule has 1 nitrogen and oxygen atoms in total. The Kier molecular flexibility index (Phi) is 3.25. The van der Waals surface area contributed by atoms with Crippen molar-refractivity contribution in [2.45, 2.75) is 19.2 Å². The number of aromatic nitrogens is 1. The quantitative estimate of drug-likeness (QED) is 0.712. The molecule has 2 aromatic rings. The van der Waals surface area contributed by atoms with E-state index in [1.165, 1.54) is 0 Å². The largest absolute Gasteiger partial charge is 0.258 e. The van der Waals surface area contributed by atoms with Gasteiger partial charge in [0.2, 0.25) is 0 Å². The Bertz CT molecular complexity index is 479. The molecule has 0 N–H and O–H groups in total. The third-order valence-electron chi connectivity index (χ3n) is 2.63. The van der Waals surface area contributed by atoms with Gasteiger partial charge in [0.15, 0.2) is 0 Å². The smallest absolute Gasteiger partial charge is 0.0852 e. The maximum Gasteiger partial charge on any atom is 0.0852 e. The molecule has 0 saturated carbocycles. The number of pyridine rings is 1. The van der Waals surface area contributed by atoms with Crippen LogP contribution in [0.4, 0.5) is 0 Å². The highest BCUT2D eigenvalue weighted by Crippen LogP contribution is 2.29. The Morgan fingerprint density at radius 2 is 1.69 bits per heavy atom. The van der Waals surface area contributed by atoms with Gasteiger partial charge in [0, 0.05) is 11.4 Å². The minimum Gasteiger partial charge on any atom is -0.258 e. The van der Waals surface area contributed by atoms with Gasteiger partial charge >= 0.3 is 0 Å². The second kappa shape index (κ2) is 4.67. The molecular weight excluding hydrogens is 218 g/mol. The van der Waals surface area contributed by atoms with E-state index in [4.69, 9.17) is 11.6 Å². The van der Waals surface area contributed by atoms with Crippen LogP contribution in [0.25, 0.3) is 0 Å². The predicted molar refractivity (Wildman–Crippen MR) is 67.8 cm³/mol. The molecule has 0 spiro atoms. The average Bonchev–Trinajstić information content (AvgIpc) is 2.29. The monoisotopic (exact) mass is 231 g/mol. The van der Waals surface area contributed by atoms with Crippen LogP contribution < -0.4 is 0 Å². The fourth-order valence-electron chi connectivity index (χ4n) is 1.77. The third kappa shape index (κ3) is 2.25. The summed E-state index contributed by atoms with van der Waals surface area (Å²) >= 11 is 6.45. The van der Waals surface area contributed by atoms with E-state index in [1.54, 1.807) is 0 Å². The fourth-order valence-corrected chi connectivity index (χ4v) is 2.14. The van der Waals surface area contributed by atoms with E-state index in [0.717, 1.165) is 22.5 Å². The molecule has 1 atom stereocenters. The summed E-state index contributed by atoms with van der Waals surface area (Å²) in [5.41, 5.74) is 4.22. The molecule has 0 aliphatic rings. The summed E-state index contributed by atoms with van der Waals surface area (Å²) in [4.78, 5) is 4.44. The van der Waals surface area contributed by atoms with Crippen molar-refractivity contribution < 1.29 is 0 Å². The highest BCUT2D eigenvalue weighted by atomic mass is 35.5. The van der Waals surface area contributed by atoms with E-state index in [9.17, 15) is 0 Å². The van der Waals surface area contributed by atoms with Crippen molar-refractivity contribution in [3.8, 4) is 0 Å². The van der Waals surface area contributed by atoms with Gasteiger partial charge in [0.1, 0.15) is 0 Å². The van der Waals surface area contributed by atoms with E-state index >= 15 is 0 Å². The number of hydrogen-bond donors (Lipinski definition) is 0. The fraction of sp³-hybridized carbons (Fsp3) is 0.214. The number of alkyl halides is 1. The van der Waals surface area contributed by atoms with Gasteiger partial charge in [-0.25, -0.2) is 0 Å². The van der Waals surface area contributed by atoms with Crippen molar-refractivity contribution in [1.29, 1.82) is 0 Å². The highest BCUT2D eigenvalue weighted by molar-refractivity contribution is 6.22. The predicted octanol–water partition coefficient (Wildman–Crippen LogP) is 4.03. The summed E-state index contributed by atoms with van der Waals surface area (Å²) in [6.45, 7) is 3.99. The SMILES string of the molecule is Cc1ccc(C(Cl)c2ccccc2)c(C)n1. The van der Waals surface area contributed by atoms with Crippen LogP contribution in [-0.2, 0) is 0 Å². The second-order valence-corrected chi connectivity index (χ2v) is 4.34. The van der Waals surface area contributed by atoms with Crippen LogP contribution in [-0.4, -0.2) is 4.98 Å². The Morgan fingerprint density at radius 1 is 1.00 bits per heavy atom. The van der Waals surface area contributed by atoms with Crippen LogP contribution in [0.2, 0.25) is 0 Å². The van der Waals surface area contributed by atoms with E-state index in [0.29, 0.717) is 0 Å². The number of rotatable bonds is 2. The first-order valence-electron chi connectivity index (χ1n) is 5.31. The highest BCUT2D eigenvalue weighted by Gasteiger charge is 2.13. The average molecular weight is 232 g/mol. The summed E-state index contributed by atoms with van der Waals surface area (Å²) in [5, 5.41) is -0.116. The summed E-state index contributed by atoms with van der Waals surface area (Å²) in [6.07, 6.45) is 0. The molecule has 0 aliphatic heterocycles. The van der Waals surface area contributed by atoms with Crippen molar-refractivity contribution in [2.75, 3.05) is 0 Å². The van der Waals surface area contributed by atoms with Gasteiger partial charge in [-0.15, -0.1) is 11.6 Å². The molecule has 16 heavy (non-hydrogen) atoms. The lowest BCUT2D eigenvalue weighted by Gasteiger charge is -2.12. The molecule has 1 aromatic carbocycles. The van der Waals surface area contributed by atoms with Gasteiger partial charge in [-0.3, -0.25) is 4.98 Å². The van der Waals surface area contributed by atoms with Crippen LogP contribution in [0.1, 0.15) is 27.9 Å². The molecular formula is C14H14ClN. The lowest BCUT2D eigenvalue weighted by molar-refractivity contribution is 1.02. The van der Waals surface area contributed by atoms with Gasteiger partial charge < -0.3 is 0 Å². The molecule has 0 radical (unpaired) electrons. The Labute approximate surface area is 101 Å². The molecule has 0 bridgehead atoms. The molecule has 0 saturated heterocycles. The number of hydrogen-bond acceptors (Lipinski definition) is 1. The Hall–Kier alpha value is -1.34. The van der Waals surface area contributed by atoms with E-state index in [-0.39, 0.29) is 5.38 Å². The number of aryl methyl sites for hydroxylation is 2. The zero-order valence-electron chi connectivity index (χ0n) is 9.44. The molecule has 0 amide bonds. The normalized spacial score (nSPS) is 12.4. The van der Waals surface area contributed by atoms with Crippen molar-refractivity contribution >= 4 is 11.6 Å². The lowest BCUT2D eigenvalue weighted by atomic mass is 10.0. The first-order valence-corrected chi connectivity index (χ1v) is 5.75. The second-order valence-electron chi connectivity index (χ2n) is 3.90. The van der Waals surface area contributed by atoms with Crippen LogP contribution in [0.3, 0.4) is 0 Å². The summed E-state index contributed by atoms with van der Waals surface area (Å²) in [7, 11) is 0. The molecule has 2 heteroatoms. The minimum atomic E-state index is -0.116. The first kappa shape index (κ1) is 11.2. The van der Waals surface area contributed by atoms with Crippen LogP contribution in [0.15, 0.2) is 42.5 Å². The van der Waals surface area contributed by atoms with Crippen molar-refractivity contribution in [2.24, 2.45) is 0 Å². The van der Waals surface area contributed by atoms with Crippen LogP contribution >= 0.6 is 11.6 Å². The summed E-state index contributed by atoms with van der Waals surface area (Å²) < 4.78 is 0. The van der Waals surface area contributed by atoms with Gasteiger partial charge in [0.25, 0.3) is 0 Å². The van der Waals surface area contributed by atoms with Gasteiger partial charge in [-0.1, -0.05) is 36.4 Å². The van der Waals surface area contributed by atoms with Crippen molar-refractivity contribution in [3.05, 3.63) is 65.0 Å². The number of nitrogens with zero attached hydrogens (tertiary/aromatic N) is 1. The van der Waals surface area contributed by atoms with Gasteiger partial charge in [0.05, 0.1) is 5.38 Å². The Morgan fingerprint density at radius 3 is 2.31 bits per heavy atom. The molecule has 0 fully saturated rings. The third-order valence-corrected chi connectivity index (χ3v) is 3.12. The van der Waals surface area contributed by atoms with Gasteiger partial charge in [-0.05, 0) is 31.0 Å². The molecule has 1 aromatic heterocycles. The maximum atomic E-state index is 6.45. The molecule has 1 unspecified atom stereocenters. The first-order chi connectivity index (χ1) is 7.68. The zero-order chi connectivity index (χ0) is 11.5. The topological polar surface area (TPSA) is 12.9 Å². The van der Waals surface area contributed by atoms with Crippen LogP contribution in [0.5, 0.6) is 0 Å². The Balaban J connectivity index is 2.38. The molecule has 1 heterocycles. The lowest BCUT2D eigenvalue weighted by Crippen LogP contribution is -1.99. The zero-order valence-corrected chi connectivity index (χ0v) is 10.2. The van der Waals surface area contributed by atoms with Gasteiger partial charge in [-0.2, -0.15) is 0 Å². The molecule has 82 valence electrons. The number of halogens is 1. The van der Waals surface area contributed by atoms with E-state index in [2.05, 4.69) is 11.1 Å². The summed E-state index contributed by atoms with van der Waals surface area (Å²) in [5.74, 6) is 0. The van der Waals surface area contributed by atoms with E-state index in [1.807, 2.05) is 50.2 Å². The molecule has 2 rings (SSSR count). The number of benzene rings is 1. The van der Waals surface area contributed by atoms with Crippen molar-refractivity contribution in [1.82, 2.24) is 4.98 Å². The minimum absolute atomic E-state index is 0.116. The summed E-state index contributed by atoms with van der Waals surface area (Å²) in [6, 6.07) is 14.1. The van der Waals surface area contributed by atoms with Crippen molar-refractivity contribution in [3.63, 3.8) is 0 Å². The molecule has 0 aliphatic carbocycles. The van der Waals surface area contributed by atoms with E-state index < -0.39 is 0 Å². The maximum absolute atomic E-state index is 6.45. The standard InChI is InChI=1S/C14H14ClN/c1-10-8-9-13(11(2)16-10)14(15)12-6-4-3-5-7-12/h3-9,14H,1-2H3. The van der Waals surface area contributed by atoms with Crippen LogP contribution in [0, 0.1) is 13.8 Å².